The van der Waals surface area contributed by atoms with Crippen molar-refractivity contribution in [2.24, 2.45) is 0 Å². The van der Waals surface area contributed by atoms with E-state index in [1.807, 2.05) is 43.3 Å². The molecule has 0 aromatic heterocycles. The fourth-order valence-electron chi connectivity index (χ4n) is 3.36. The van der Waals surface area contributed by atoms with Gasteiger partial charge >= 0.3 is 0 Å². The zero-order valence-corrected chi connectivity index (χ0v) is 17.1. The number of fused-ring (bicyclic) bond motifs is 1. The van der Waals surface area contributed by atoms with Gasteiger partial charge in [0, 0.05) is 11.6 Å². The van der Waals surface area contributed by atoms with Crippen molar-refractivity contribution in [2.45, 2.75) is 13.5 Å². The number of methoxy groups -OCH3 is 2. The molecule has 5 nitrogen and oxygen atoms in total. The third kappa shape index (κ3) is 3.74. The Balaban J connectivity index is 1.56. The fraction of sp³-hybridized carbons (Fsp3) is 0.160. The predicted octanol–water partition coefficient (Wildman–Crippen LogP) is 5.21. The third-order valence-electron chi connectivity index (χ3n) is 5.02. The number of carbonyl (C=O) groups is 1. The highest BCUT2D eigenvalue weighted by molar-refractivity contribution is 6.14. The summed E-state index contributed by atoms with van der Waals surface area (Å²) in [5.74, 6) is 2.30. The van der Waals surface area contributed by atoms with Gasteiger partial charge in [0.2, 0.25) is 5.78 Å². The number of ether oxygens (including phenoxy) is 4. The van der Waals surface area contributed by atoms with Gasteiger partial charge in [-0.25, -0.2) is 0 Å². The minimum absolute atomic E-state index is 0.180. The van der Waals surface area contributed by atoms with Crippen molar-refractivity contribution in [3.63, 3.8) is 0 Å². The van der Waals surface area contributed by atoms with Crippen molar-refractivity contribution in [2.75, 3.05) is 14.2 Å². The highest BCUT2D eigenvalue weighted by Crippen LogP contribution is 2.37. The topological polar surface area (TPSA) is 54.0 Å². The minimum atomic E-state index is -0.180. The lowest BCUT2D eigenvalue weighted by atomic mass is 10.1. The molecule has 1 aliphatic heterocycles. The van der Waals surface area contributed by atoms with Crippen LogP contribution in [-0.2, 0) is 6.61 Å². The lowest BCUT2D eigenvalue weighted by molar-refractivity contribution is 0.101. The Morgan fingerprint density at radius 1 is 0.967 bits per heavy atom. The molecule has 3 aromatic rings. The molecular weight excluding hydrogens is 380 g/mol. The number of Topliss-reactive ketones (excluding diaryl/α,β-unsaturated/α-hetero) is 1. The molecule has 4 rings (SSSR count). The maximum absolute atomic E-state index is 12.8. The number of hydrogen-bond donors (Lipinski definition) is 0. The number of aryl methyl sites for hydroxylation is 1. The Morgan fingerprint density at radius 3 is 2.57 bits per heavy atom. The van der Waals surface area contributed by atoms with E-state index in [4.69, 9.17) is 18.9 Å². The van der Waals surface area contributed by atoms with Crippen molar-refractivity contribution in [3.05, 3.63) is 88.7 Å². The van der Waals surface area contributed by atoms with Crippen LogP contribution in [0, 0.1) is 6.92 Å². The maximum Gasteiger partial charge on any atom is 0.231 e. The van der Waals surface area contributed by atoms with E-state index in [0.717, 1.165) is 5.56 Å². The molecule has 0 aliphatic carbocycles. The Kier molecular flexibility index (Phi) is 5.44. The van der Waals surface area contributed by atoms with Crippen LogP contribution >= 0.6 is 0 Å². The van der Waals surface area contributed by atoms with Gasteiger partial charge in [0.25, 0.3) is 0 Å². The van der Waals surface area contributed by atoms with Gasteiger partial charge in [0.05, 0.1) is 19.8 Å². The second kappa shape index (κ2) is 8.33. The number of ketones is 1. The first kappa shape index (κ1) is 19.6. The summed E-state index contributed by atoms with van der Waals surface area (Å²) in [6, 6.07) is 18.8. The first-order valence-electron chi connectivity index (χ1n) is 9.57. The van der Waals surface area contributed by atoms with Gasteiger partial charge in [-0.15, -0.1) is 0 Å². The van der Waals surface area contributed by atoms with E-state index in [1.54, 1.807) is 44.6 Å². The first-order valence-corrected chi connectivity index (χ1v) is 9.57. The van der Waals surface area contributed by atoms with Crippen molar-refractivity contribution in [1.82, 2.24) is 0 Å². The van der Waals surface area contributed by atoms with Crippen LogP contribution in [0.25, 0.3) is 6.08 Å². The zero-order valence-electron chi connectivity index (χ0n) is 17.1. The van der Waals surface area contributed by atoms with E-state index in [2.05, 4.69) is 0 Å². The van der Waals surface area contributed by atoms with Crippen LogP contribution in [0.4, 0.5) is 0 Å². The Labute approximate surface area is 175 Å². The summed E-state index contributed by atoms with van der Waals surface area (Å²) < 4.78 is 22.5. The van der Waals surface area contributed by atoms with Crippen molar-refractivity contribution < 1.29 is 23.7 Å². The molecular formula is C25H22O5. The number of benzene rings is 3. The first-order chi connectivity index (χ1) is 14.6. The van der Waals surface area contributed by atoms with Crippen LogP contribution in [0.3, 0.4) is 0 Å². The average molecular weight is 402 g/mol. The van der Waals surface area contributed by atoms with Crippen LogP contribution in [0.15, 0.2) is 66.4 Å². The molecule has 0 unspecified atom stereocenters. The second-order valence-electron chi connectivity index (χ2n) is 6.90. The molecule has 30 heavy (non-hydrogen) atoms. The van der Waals surface area contributed by atoms with Crippen molar-refractivity contribution in [1.29, 1.82) is 0 Å². The molecule has 0 radical (unpaired) electrons. The molecule has 0 fully saturated rings. The molecule has 5 heteroatoms. The van der Waals surface area contributed by atoms with Crippen LogP contribution in [0.2, 0.25) is 0 Å². The van der Waals surface area contributed by atoms with E-state index in [-0.39, 0.29) is 11.5 Å². The van der Waals surface area contributed by atoms with Crippen LogP contribution in [0.1, 0.15) is 27.0 Å². The summed E-state index contributed by atoms with van der Waals surface area (Å²) in [6.45, 7) is 2.50. The van der Waals surface area contributed by atoms with E-state index in [0.29, 0.717) is 40.7 Å². The van der Waals surface area contributed by atoms with Crippen molar-refractivity contribution >= 4 is 11.9 Å². The lowest BCUT2D eigenvalue weighted by Crippen LogP contribution is -1.99. The number of rotatable bonds is 6. The lowest BCUT2D eigenvalue weighted by Gasteiger charge is -2.10. The molecule has 0 saturated carbocycles. The second-order valence-corrected chi connectivity index (χ2v) is 6.90. The quantitative estimate of drug-likeness (QED) is 0.530. The predicted molar refractivity (Wildman–Crippen MR) is 114 cm³/mol. The zero-order chi connectivity index (χ0) is 21.1. The van der Waals surface area contributed by atoms with E-state index in [9.17, 15) is 4.79 Å². The van der Waals surface area contributed by atoms with Gasteiger partial charge < -0.3 is 18.9 Å². The number of para-hydroxylation sites is 1. The van der Waals surface area contributed by atoms with Gasteiger partial charge in [-0.2, -0.15) is 0 Å². The summed E-state index contributed by atoms with van der Waals surface area (Å²) in [6.07, 6.45) is 1.66. The minimum Gasteiger partial charge on any atom is -0.493 e. The van der Waals surface area contributed by atoms with Gasteiger partial charge in [-0.3, -0.25) is 4.79 Å². The highest BCUT2D eigenvalue weighted by Gasteiger charge is 2.28. The number of hydrogen-bond acceptors (Lipinski definition) is 5. The largest absolute Gasteiger partial charge is 0.493 e. The summed E-state index contributed by atoms with van der Waals surface area (Å²) in [7, 11) is 3.13. The van der Waals surface area contributed by atoms with Gasteiger partial charge in [0.15, 0.2) is 17.3 Å². The fourth-order valence-corrected chi connectivity index (χ4v) is 3.36. The average Bonchev–Trinajstić information content (AvgIpc) is 3.07. The van der Waals surface area contributed by atoms with Gasteiger partial charge in [0.1, 0.15) is 18.1 Å². The van der Waals surface area contributed by atoms with Crippen LogP contribution in [-0.4, -0.2) is 20.0 Å². The van der Waals surface area contributed by atoms with Crippen molar-refractivity contribution in [3.8, 4) is 23.0 Å². The number of carbonyl (C=O) groups excluding carboxylic acids is 1. The molecule has 152 valence electrons. The Morgan fingerprint density at radius 2 is 1.80 bits per heavy atom. The molecule has 0 saturated heterocycles. The van der Waals surface area contributed by atoms with E-state index in [1.165, 1.54) is 5.56 Å². The summed E-state index contributed by atoms with van der Waals surface area (Å²) in [4.78, 5) is 12.8. The third-order valence-corrected chi connectivity index (χ3v) is 5.02. The SMILES string of the molecule is COc1cccc(C=C2Oc3cc(OCc4ccccc4C)ccc3C2=O)c1OC. The molecule has 3 aromatic carbocycles. The van der Waals surface area contributed by atoms with Gasteiger partial charge in [-0.05, 0) is 42.3 Å². The van der Waals surface area contributed by atoms with E-state index >= 15 is 0 Å². The normalized spacial score (nSPS) is 13.7. The number of allylic oxidation sites excluding steroid dienone is 1. The maximum atomic E-state index is 12.8. The monoisotopic (exact) mass is 402 g/mol. The molecule has 0 amide bonds. The standard InChI is InChI=1S/C25H22O5/c1-16-7-4-5-8-18(16)15-29-19-11-12-20-22(14-19)30-23(24(20)26)13-17-9-6-10-21(27-2)25(17)28-3/h4-14H,15H2,1-3H3. The molecule has 0 atom stereocenters. The summed E-state index contributed by atoms with van der Waals surface area (Å²) >= 11 is 0. The highest BCUT2D eigenvalue weighted by atomic mass is 16.5. The molecule has 1 heterocycles. The van der Waals surface area contributed by atoms with E-state index < -0.39 is 0 Å². The molecule has 0 bridgehead atoms. The molecule has 0 N–H and O–H groups in total. The Bertz CT molecular complexity index is 1130. The summed E-state index contributed by atoms with van der Waals surface area (Å²) in [5, 5.41) is 0. The smallest absolute Gasteiger partial charge is 0.231 e. The Hall–Kier alpha value is -3.73. The molecule has 0 spiro atoms. The van der Waals surface area contributed by atoms with Crippen LogP contribution in [0.5, 0.6) is 23.0 Å². The van der Waals surface area contributed by atoms with Crippen LogP contribution < -0.4 is 18.9 Å². The van der Waals surface area contributed by atoms with Gasteiger partial charge in [-0.1, -0.05) is 36.4 Å². The molecule has 1 aliphatic rings. The summed E-state index contributed by atoms with van der Waals surface area (Å²) in [5.41, 5.74) is 3.48.